The highest BCUT2D eigenvalue weighted by atomic mass is 32.1. The second kappa shape index (κ2) is 11.2. The largest absolute Gasteiger partial charge is 0.444 e. The van der Waals surface area contributed by atoms with Gasteiger partial charge in [-0.1, -0.05) is 0 Å². The van der Waals surface area contributed by atoms with Crippen LogP contribution in [-0.4, -0.2) is 45.6 Å². The lowest BCUT2D eigenvalue weighted by Gasteiger charge is -2.32. The molecule has 8 nitrogen and oxygen atoms in total. The van der Waals surface area contributed by atoms with Crippen LogP contribution in [0.1, 0.15) is 33.6 Å². The van der Waals surface area contributed by atoms with E-state index in [-0.39, 0.29) is 29.5 Å². The zero-order valence-corrected chi connectivity index (χ0v) is 23.1. The highest BCUT2D eigenvalue weighted by Crippen LogP contribution is 2.34. The molecule has 11 heteroatoms. The number of halogens is 2. The zero-order chi connectivity index (χ0) is 28.4. The van der Waals surface area contributed by atoms with E-state index in [0.29, 0.717) is 53.2 Å². The zero-order valence-electron chi connectivity index (χ0n) is 22.2. The van der Waals surface area contributed by atoms with Gasteiger partial charge in [0, 0.05) is 36.3 Å². The summed E-state index contributed by atoms with van der Waals surface area (Å²) in [6.07, 6.45) is 0.741. The number of hydrogen-bond donors (Lipinski definition) is 1. The van der Waals surface area contributed by atoms with E-state index in [1.165, 1.54) is 17.4 Å². The van der Waals surface area contributed by atoms with Crippen molar-refractivity contribution in [1.29, 1.82) is 0 Å². The van der Waals surface area contributed by atoms with Gasteiger partial charge in [-0.3, -0.25) is 4.79 Å². The Kier molecular flexibility index (Phi) is 7.66. The molecule has 1 aliphatic rings. The minimum absolute atomic E-state index is 0.107. The van der Waals surface area contributed by atoms with Crippen LogP contribution in [0, 0.1) is 17.6 Å². The number of rotatable bonds is 5. The summed E-state index contributed by atoms with van der Waals surface area (Å²) in [4.78, 5) is 35.9. The fourth-order valence-corrected chi connectivity index (χ4v) is 5.05. The van der Waals surface area contributed by atoms with E-state index in [2.05, 4.69) is 15.3 Å². The number of carbonyl (C=O) groups is 2. The van der Waals surface area contributed by atoms with Crippen molar-refractivity contribution in [2.75, 3.05) is 18.4 Å². The van der Waals surface area contributed by atoms with Crippen LogP contribution in [0.2, 0.25) is 0 Å². The number of benzene rings is 2. The number of amides is 2. The first kappa shape index (κ1) is 27.4. The van der Waals surface area contributed by atoms with Crippen LogP contribution >= 0.6 is 11.3 Å². The van der Waals surface area contributed by atoms with Crippen molar-refractivity contribution < 1.29 is 27.8 Å². The maximum Gasteiger partial charge on any atom is 0.410 e. The first-order chi connectivity index (χ1) is 19.1. The third kappa shape index (κ3) is 6.36. The van der Waals surface area contributed by atoms with Crippen LogP contribution < -0.4 is 10.1 Å². The predicted molar refractivity (Wildman–Crippen MR) is 148 cm³/mol. The van der Waals surface area contributed by atoms with Gasteiger partial charge in [0.15, 0.2) is 17.4 Å². The Morgan fingerprint density at radius 2 is 1.75 bits per heavy atom. The Morgan fingerprint density at radius 3 is 2.42 bits per heavy atom. The van der Waals surface area contributed by atoms with Gasteiger partial charge < -0.3 is 19.7 Å². The number of ether oxygens (including phenoxy) is 2. The average molecular weight is 567 g/mol. The predicted octanol–water partition coefficient (Wildman–Crippen LogP) is 7.01. The molecule has 5 rings (SSSR count). The highest BCUT2D eigenvalue weighted by Gasteiger charge is 2.30. The molecule has 208 valence electrons. The summed E-state index contributed by atoms with van der Waals surface area (Å²) >= 11 is 1.35. The summed E-state index contributed by atoms with van der Waals surface area (Å²) in [7, 11) is 0. The topological polar surface area (TPSA) is 93.7 Å². The van der Waals surface area contributed by atoms with Crippen molar-refractivity contribution in [2.45, 2.75) is 39.2 Å². The molecule has 1 fully saturated rings. The summed E-state index contributed by atoms with van der Waals surface area (Å²) < 4.78 is 39.3. The molecule has 0 saturated carbocycles. The molecule has 40 heavy (non-hydrogen) atoms. The van der Waals surface area contributed by atoms with Crippen molar-refractivity contribution >= 4 is 39.2 Å². The minimum Gasteiger partial charge on any atom is -0.444 e. The van der Waals surface area contributed by atoms with Crippen LogP contribution in [0.15, 0.2) is 53.9 Å². The molecule has 3 heterocycles. The first-order valence-corrected chi connectivity index (χ1v) is 13.7. The fraction of sp³-hybridized carbons (Fsp3) is 0.310. The van der Waals surface area contributed by atoms with E-state index >= 15 is 0 Å². The van der Waals surface area contributed by atoms with Crippen molar-refractivity contribution in [3.05, 3.63) is 65.5 Å². The van der Waals surface area contributed by atoms with Gasteiger partial charge in [-0.15, -0.1) is 11.3 Å². The average Bonchev–Trinajstić information content (AvgIpc) is 3.39. The quantitative estimate of drug-likeness (QED) is 0.279. The number of thiophene rings is 1. The molecule has 0 aliphatic carbocycles. The van der Waals surface area contributed by atoms with Gasteiger partial charge in [0.05, 0.1) is 5.52 Å². The third-order valence-electron chi connectivity index (χ3n) is 6.30. The van der Waals surface area contributed by atoms with E-state index in [0.717, 1.165) is 12.1 Å². The number of anilines is 1. The number of nitrogens with zero attached hydrogens (tertiary/aromatic N) is 3. The molecule has 1 aliphatic heterocycles. The van der Waals surface area contributed by atoms with E-state index in [1.807, 2.05) is 32.2 Å². The molecule has 2 aromatic heterocycles. The van der Waals surface area contributed by atoms with Crippen molar-refractivity contribution in [3.8, 4) is 23.0 Å². The molecule has 4 aromatic rings. The van der Waals surface area contributed by atoms with Crippen LogP contribution in [-0.2, 0) is 9.53 Å². The van der Waals surface area contributed by atoms with E-state index in [9.17, 15) is 18.4 Å². The van der Waals surface area contributed by atoms with Gasteiger partial charge in [-0.05, 0) is 81.5 Å². The number of fused-ring (bicyclic) bond motifs is 1. The van der Waals surface area contributed by atoms with Crippen molar-refractivity contribution in [1.82, 2.24) is 14.9 Å². The second-order valence-corrected chi connectivity index (χ2v) is 11.4. The number of likely N-dealkylation sites (tertiary alicyclic amines) is 1. The lowest BCUT2D eigenvalue weighted by atomic mass is 9.96. The molecule has 2 aromatic carbocycles. The van der Waals surface area contributed by atoms with Gasteiger partial charge in [-0.25, -0.2) is 18.6 Å². The van der Waals surface area contributed by atoms with Crippen molar-refractivity contribution in [2.24, 2.45) is 5.92 Å². The summed E-state index contributed by atoms with van der Waals surface area (Å²) in [5.74, 6) is -1.48. The number of aromatic nitrogens is 2. The normalized spacial score (nSPS) is 14.3. The molecule has 1 saturated heterocycles. The Bertz CT molecular complexity index is 1540. The second-order valence-electron chi connectivity index (χ2n) is 10.5. The van der Waals surface area contributed by atoms with Gasteiger partial charge in [0.25, 0.3) is 0 Å². The van der Waals surface area contributed by atoms with Crippen molar-refractivity contribution in [3.63, 3.8) is 0 Å². The van der Waals surface area contributed by atoms with Gasteiger partial charge in [0.1, 0.15) is 16.1 Å². The molecule has 2 amide bonds. The molecule has 1 N–H and O–H groups in total. The number of piperidine rings is 1. The maximum absolute atomic E-state index is 14.2. The molecule has 0 spiro atoms. The summed E-state index contributed by atoms with van der Waals surface area (Å²) in [5.41, 5.74) is 1.35. The highest BCUT2D eigenvalue weighted by molar-refractivity contribution is 7.17. The molecular weight excluding hydrogens is 538 g/mol. The van der Waals surface area contributed by atoms with Crippen LogP contribution in [0.25, 0.3) is 21.6 Å². The van der Waals surface area contributed by atoms with Gasteiger partial charge in [-0.2, -0.15) is 4.98 Å². The van der Waals surface area contributed by atoms with E-state index < -0.39 is 17.2 Å². The monoisotopic (exact) mass is 566 g/mol. The van der Waals surface area contributed by atoms with Gasteiger partial charge in [0.2, 0.25) is 11.8 Å². The molecular formula is C29H28F2N4O4S. The maximum atomic E-state index is 14.2. The summed E-state index contributed by atoms with van der Waals surface area (Å²) in [5, 5.41) is 4.77. The Morgan fingerprint density at radius 1 is 1.02 bits per heavy atom. The van der Waals surface area contributed by atoms with Gasteiger partial charge >= 0.3 is 6.09 Å². The Hall–Kier alpha value is -4.12. The van der Waals surface area contributed by atoms with E-state index in [4.69, 9.17) is 9.47 Å². The SMILES string of the molecule is CC(C)(C)OC(=O)N1CCC(C(=O)Nc2ccc(-c3nc(Oc4ccc(F)cc4F)c4sccc4n3)cc2)CC1. The smallest absolute Gasteiger partial charge is 0.410 e. The molecule has 0 atom stereocenters. The van der Waals surface area contributed by atoms with Crippen LogP contribution in [0.3, 0.4) is 0 Å². The van der Waals surface area contributed by atoms with E-state index in [1.54, 1.807) is 29.2 Å². The lowest BCUT2D eigenvalue weighted by molar-refractivity contribution is -0.121. The number of carbonyl (C=O) groups excluding carboxylic acids is 2. The number of nitrogens with one attached hydrogen (secondary N) is 1. The fourth-order valence-electron chi connectivity index (χ4n) is 4.29. The van der Waals surface area contributed by atoms with Crippen LogP contribution in [0.4, 0.5) is 19.3 Å². The standard InChI is InChI=1S/C29H28F2N4O4S/c1-29(2,3)39-28(37)35-13-10-18(11-14-35)26(36)32-20-7-4-17(5-8-20)25-33-22-12-15-40-24(22)27(34-25)38-23-9-6-19(30)16-21(23)31/h4-9,12,15-16,18H,10-11,13-14H2,1-3H3,(H,32,36). The molecule has 0 unspecified atom stereocenters. The molecule has 0 radical (unpaired) electrons. The van der Waals surface area contributed by atoms with Crippen LogP contribution in [0.5, 0.6) is 11.6 Å². The third-order valence-corrected chi connectivity index (χ3v) is 7.19. The first-order valence-electron chi connectivity index (χ1n) is 12.8. The summed E-state index contributed by atoms with van der Waals surface area (Å²) in [6.45, 7) is 6.39. The minimum atomic E-state index is -0.833. The number of hydrogen-bond acceptors (Lipinski definition) is 7. The summed E-state index contributed by atoms with van der Waals surface area (Å²) in [6, 6.07) is 11.9. The Balaban J connectivity index is 1.25. The lowest BCUT2D eigenvalue weighted by Crippen LogP contribution is -2.43. The Labute approximate surface area is 234 Å². The molecule has 0 bridgehead atoms.